The Morgan fingerprint density at radius 1 is 1.50 bits per heavy atom. The van der Waals surface area contributed by atoms with Gasteiger partial charge in [0.05, 0.1) is 6.61 Å². The molecule has 1 fully saturated rings. The van der Waals surface area contributed by atoms with Gasteiger partial charge in [-0.2, -0.15) is 0 Å². The van der Waals surface area contributed by atoms with E-state index in [2.05, 4.69) is 14.9 Å². The number of ether oxygens (including phenoxy) is 1. The topological polar surface area (TPSA) is 55.3 Å². The average molecular weight is 221 g/mol. The standard InChI is InChI=1S/C11H15N3O2/c1-2-16-10(15)9-5-6-12-11(13-9)14-7-3-4-8-14/h5-6H,2-4,7-8H2,1H3. The van der Waals surface area contributed by atoms with Crippen molar-refractivity contribution >= 4 is 11.9 Å². The van der Waals surface area contributed by atoms with Crippen molar-refractivity contribution < 1.29 is 9.53 Å². The number of carbonyl (C=O) groups is 1. The van der Waals surface area contributed by atoms with Crippen molar-refractivity contribution in [3.8, 4) is 0 Å². The first-order valence-corrected chi connectivity index (χ1v) is 5.56. The molecule has 1 aliphatic heterocycles. The van der Waals surface area contributed by atoms with Crippen molar-refractivity contribution in [3.05, 3.63) is 18.0 Å². The molecule has 1 aromatic rings. The second kappa shape index (κ2) is 4.92. The lowest BCUT2D eigenvalue weighted by atomic mass is 10.4. The molecular weight excluding hydrogens is 206 g/mol. The molecule has 0 atom stereocenters. The monoisotopic (exact) mass is 221 g/mol. The molecule has 5 nitrogen and oxygen atoms in total. The molecule has 0 spiro atoms. The SMILES string of the molecule is CCOC(=O)c1ccnc(N2CCCC2)n1. The van der Waals surface area contributed by atoms with E-state index in [1.54, 1.807) is 19.2 Å². The number of hydrogen-bond acceptors (Lipinski definition) is 5. The number of hydrogen-bond donors (Lipinski definition) is 0. The molecule has 0 aliphatic carbocycles. The fraction of sp³-hybridized carbons (Fsp3) is 0.545. The van der Waals surface area contributed by atoms with E-state index in [1.165, 1.54) is 0 Å². The van der Waals surface area contributed by atoms with Crippen LogP contribution in [-0.2, 0) is 4.74 Å². The maximum absolute atomic E-state index is 11.5. The van der Waals surface area contributed by atoms with Crippen LogP contribution in [0, 0.1) is 0 Å². The largest absolute Gasteiger partial charge is 0.461 e. The molecule has 0 N–H and O–H groups in total. The maximum atomic E-state index is 11.5. The van der Waals surface area contributed by atoms with Crippen molar-refractivity contribution in [2.24, 2.45) is 0 Å². The first kappa shape index (κ1) is 10.9. The van der Waals surface area contributed by atoms with E-state index in [9.17, 15) is 4.79 Å². The molecule has 0 bridgehead atoms. The third-order valence-corrected chi connectivity index (χ3v) is 2.52. The van der Waals surface area contributed by atoms with Crippen molar-refractivity contribution in [2.45, 2.75) is 19.8 Å². The number of nitrogens with zero attached hydrogens (tertiary/aromatic N) is 3. The van der Waals surface area contributed by atoms with E-state index in [0.717, 1.165) is 25.9 Å². The Kier molecular flexibility index (Phi) is 3.34. The number of anilines is 1. The zero-order valence-electron chi connectivity index (χ0n) is 9.35. The highest BCUT2D eigenvalue weighted by Gasteiger charge is 2.17. The smallest absolute Gasteiger partial charge is 0.357 e. The van der Waals surface area contributed by atoms with Crippen LogP contribution in [0.1, 0.15) is 30.3 Å². The third-order valence-electron chi connectivity index (χ3n) is 2.52. The minimum Gasteiger partial charge on any atom is -0.461 e. The Morgan fingerprint density at radius 2 is 2.25 bits per heavy atom. The van der Waals surface area contributed by atoms with Crippen LogP contribution in [0.2, 0.25) is 0 Å². The van der Waals surface area contributed by atoms with Crippen LogP contribution in [0.25, 0.3) is 0 Å². The highest BCUT2D eigenvalue weighted by Crippen LogP contribution is 2.15. The van der Waals surface area contributed by atoms with E-state index >= 15 is 0 Å². The van der Waals surface area contributed by atoms with Crippen LogP contribution < -0.4 is 4.90 Å². The van der Waals surface area contributed by atoms with Gasteiger partial charge in [-0.1, -0.05) is 0 Å². The van der Waals surface area contributed by atoms with Gasteiger partial charge in [0, 0.05) is 19.3 Å². The fourth-order valence-electron chi connectivity index (χ4n) is 1.74. The van der Waals surface area contributed by atoms with Crippen LogP contribution in [-0.4, -0.2) is 35.6 Å². The molecule has 16 heavy (non-hydrogen) atoms. The molecule has 0 radical (unpaired) electrons. The number of carbonyl (C=O) groups excluding carboxylic acids is 1. The molecule has 2 rings (SSSR count). The fourth-order valence-corrected chi connectivity index (χ4v) is 1.74. The Labute approximate surface area is 94.5 Å². The van der Waals surface area contributed by atoms with Crippen molar-refractivity contribution in [3.63, 3.8) is 0 Å². The summed E-state index contributed by atoms with van der Waals surface area (Å²) in [6, 6.07) is 1.58. The van der Waals surface area contributed by atoms with Gasteiger partial charge in [-0.3, -0.25) is 0 Å². The zero-order chi connectivity index (χ0) is 11.4. The predicted molar refractivity (Wildman–Crippen MR) is 59.4 cm³/mol. The first-order valence-electron chi connectivity index (χ1n) is 5.56. The van der Waals surface area contributed by atoms with Gasteiger partial charge in [0.1, 0.15) is 0 Å². The summed E-state index contributed by atoms with van der Waals surface area (Å²) in [5, 5.41) is 0. The normalized spacial score (nSPS) is 15.2. The Bertz CT molecular complexity index is 375. The van der Waals surface area contributed by atoms with E-state index in [4.69, 9.17) is 4.74 Å². The molecule has 0 unspecified atom stereocenters. The molecule has 2 heterocycles. The zero-order valence-corrected chi connectivity index (χ0v) is 9.35. The summed E-state index contributed by atoms with van der Waals surface area (Å²) in [6.45, 7) is 4.07. The molecule has 1 aromatic heterocycles. The van der Waals surface area contributed by atoms with Gasteiger partial charge >= 0.3 is 5.97 Å². The van der Waals surface area contributed by atoms with Crippen molar-refractivity contribution in [1.29, 1.82) is 0 Å². The molecule has 0 aromatic carbocycles. The average Bonchev–Trinajstić information content (AvgIpc) is 2.83. The molecule has 86 valence electrons. The highest BCUT2D eigenvalue weighted by molar-refractivity contribution is 5.87. The van der Waals surface area contributed by atoms with Crippen LogP contribution in [0.5, 0.6) is 0 Å². The van der Waals surface area contributed by atoms with Crippen LogP contribution in [0.4, 0.5) is 5.95 Å². The molecule has 0 amide bonds. The Balaban J connectivity index is 2.15. The van der Waals surface area contributed by atoms with Crippen molar-refractivity contribution in [1.82, 2.24) is 9.97 Å². The summed E-state index contributed by atoms with van der Waals surface area (Å²) in [7, 11) is 0. The summed E-state index contributed by atoms with van der Waals surface area (Å²) in [5.41, 5.74) is 0.332. The van der Waals surface area contributed by atoms with Crippen LogP contribution in [0.3, 0.4) is 0 Å². The van der Waals surface area contributed by atoms with Gasteiger partial charge in [-0.05, 0) is 25.8 Å². The Hall–Kier alpha value is -1.65. The van der Waals surface area contributed by atoms with E-state index in [1.807, 2.05) is 0 Å². The lowest BCUT2D eigenvalue weighted by molar-refractivity contribution is 0.0519. The maximum Gasteiger partial charge on any atom is 0.357 e. The van der Waals surface area contributed by atoms with Crippen LogP contribution >= 0.6 is 0 Å². The third kappa shape index (κ3) is 2.29. The predicted octanol–water partition coefficient (Wildman–Crippen LogP) is 1.25. The summed E-state index contributed by atoms with van der Waals surface area (Å²) in [6.07, 6.45) is 3.92. The lowest BCUT2D eigenvalue weighted by Gasteiger charge is -2.14. The number of rotatable bonds is 3. The minimum absolute atomic E-state index is 0.332. The highest BCUT2D eigenvalue weighted by atomic mass is 16.5. The summed E-state index contributed by atoms with van der Waals surface area (Å²) in [4.78, 5) is 22.0. The second-order valence-electron chi connectivity index (χ2n) is 3.66. The Morgan fingerprint density at radius 3 is 2.94 bits per heavy atom. The van der Waals surface area contributed by atoms with Gasteiger partial charge < -0.3 is 9.64 Å². The van der Waals surface area contributed by atoms with Gasteiger partial charge in [-0.15, -0.1) is 0 Å². The minimum atomic E-state index is -0.384. The van der Waals surface area contributed by atoms with Gasteiger partial charge in [-0.25, -0.2) is 14.8 Å². The molecule has 1 saturated heterocycles. The first-order chi connectivity index (χ1) is 7.81. The van der Waals surface area contributed by atoms with Crippen molar-refractivity contribution in [2.75, 3.05) is 24.6 Å². The quantitative estimate of drug-likeness (QED) is 0.719. The lowest BCUT2D eigenvalue weighted by Crippen LogP contribution is -2.21. The molecule has 1 aliphatic rings. The summed E-state index contributed by atoms with van der Waals surface area (Å²) >= 11 is 0. The van der Waals surface area contributed by atoms with Gasteiger partial charge in [0.25, 0.3) is 0 Å². The van der Waals surface area contributed by atoms with E-state index in [-0.39, 0.29) is 5.97 Å². The number of esters is 1. The van der Waals surface area contributed by atoms with Crippen LogP contribution in [0.15, 0.2) is 12.3 Å². The molecule has 0 saturated carbocycles. The molecule has 5 heteroatoms. The van der Waals surface area contributed by atoms with Gasteiger partial charge in [0.2, 0.25) is 5.95 Å². The van der Waals surface area contributed by atoms with E-state index in [0.29, 0.717) is 18.2 Å². The van der Waals surface area contributed by atoms with E-state index < -0.39 is 0 Å². The summed E-state index contributed by atoms with van der Waals surface area (Å²) in [5.74, 6) is 0.244. The molecular formula is C11H15N3O2. The van der Waals surface area contributed by atoms with Gasteiger partial charge in [0.15, 0.2) is 5.69 Å². The summed E-state index contributed by atoms with van der Waals surface area (Å²) < 4.78 is 4.90. The second-order valence-corrected chi connectivity index (χ2v) is 3.66. The number of aromatic nitrogens is 2.